The first kappa shape index (κ1) is 31.5. The Hall–Kier alpha value is -7.83. The van der Waals surface area contributed by atoms with E-state index in [9.17, 15) is 0 Å². The van der Waals surface area contributed by atoms with E-state index in [4.69, 9.17) is 23.8 Å². The Morgan fingerprint density at radius 1 is 0.298 bits per heavy atom. The highest BCUT2D eigenvalue weighted by Gasteiger charge is 2.19. The molecule has 12 rings (SSSR count). The van der Waals surface area contributed by atoms with Crippen molar-refractivity contribution in [3.8, 4) is 51.0 Å². The van der Waals surface area contributed by atoms with Gasteiger partial charge in [-0.2, -0.15) is 0 Å². The number of hydrogen-bond donors (Lipinski definition) is 0. The number of aromatic nitrogens is 4. The monoisotopic (exact) mass is 730 g/mol. The van der Waals surface area contributed by atoms with E-state index >= 15 is 0 Å². The van der Waals surface area contributed by atoms with Crippen LogP contribution in [-0.4, -0.2) is 19.5 Å². The maximum absolute atomic E-state index is 6.41. The number of nitrogens with zero attached hydrogens (tertiary/aromatic N) is 4. The SMILES string of the molecule is c1ccc(-c2ccc3c(c2)oc2ccc(-n4c5ccccc5c5cc(-c6nc(-c7ccccc7)nc(-c7ccc8c(c7)oc7ccccc78)n6)ccc54)cc23)cc1. The maximum Gasteiger partial charge on any atom is 0.164 e. The molecule has 12 aromatic rings. The Balaban J connectivity index is 1.01. The van der Waals surface area contributed by atoms with Gasteiger partial charge in [0.25, 0.3) is 0 Å². The molecule has 57 heavy (non-hydrogen) atoms. The van der Waals surface area contributed by atoms with Gasteiger partial charge in [0.2, 0.25) is 0 Å². The average molecular weight is 731 g/mol. The molecule has 8 aromatic carbocycles. The summed E-state index contributed by atoms with van der Waals surface area (Å²) in [5, 5.41) is 6.58. The van der Waals surface area contributed by atoms with E-state index in [1.807, 2.05) is 60.7 Å². The van der Waals surface area contributed by atoms with Crippen LogP contribution < -0.4 is 0 Å². The lowest BCUT2D eigenvalue weighted by Crippen LogP contribution is -2.00. The van der Waals surface area contributed by atoms with E-state index < -0.39 is 0 Å². The molecule has 0 saturated carbocycles. The Morgan fingerprint density at radius 3 is 1.60 bits per heavy atom. The molecule has 0 saturated heterocycles. The molecular formula is C51H30N4O2. The third-order valence-corrected chi connectivity index (χ3v) is 11.1. The van der Waals surface area contributed by atoms with Crippen molar-refractivity contribution in [2.45, 2.75) is 0 Å². The van der Waals surface area contributed by atoms with Crippen molar-refractivity contribution in [2.24, 2.45) is 0 Å². The Morgan fingerprint density at radius 2 is 0.825 bits per heavy atom. The zero-order valence-corrected chi connectivity index (χ0v) is 30.4. The molecule has 0 atom stereocenters. The average Bonchev–Trinajstić information content (AvgIpc) is 3.95. The predicted octanol–water partition coefficient (Wildman–Crippen LogP) is 13.4. The molecular weight excluding hydrogens is 701 g/mol. The molecule has 6 heteroatoms. The molecule has 266 valence electrons. The van der Waals surface area contributed by atoms with E-state index in [-0.39, 0.29) is 0 Å². The Labute approximate surface area is 325 Å². The Bertz CT molecular complexity index is 3530. The fourth-order valence-corrected chi connectivity index (χ4v) is 8.32. The summed E-state index contributed by atoms with van der Waals surface area (Å²) in [4.78, 5) is 15.2. The Kier molecular flexibility index (Phi) is 6.83. The molecule has 0 aliphatic rings. The summed E-state index contributed by atoms with van der Waals surface area (Å²) >= 11 is 0. The third kappa shape index (κ3) is 5.08. The summed E-state index contributed by atoms with van der Waals surface area (Å²) in [6, 6.07) is 62.8. The molecule has 0 unspecified atom stereocenters. The van der Waals surface area contributed by atoms with Crippen LogP contribution in [0.5, 0.6) is 0 Å². The van der Waals surface area contributed by atoms with Gasteiger partial charge in [0.05, 0.1) is 11.0 Å². The highest BCUT2D eigenvalue weighted by molar-refractivity contribution is 6.12. The quantitative estimate of drug-likeness (QED) is 0.176. The molecule has 0 aliphatic carbocycles. The fraction of sp³-hybridized carbons (Fsp3) is 0. The topological polar surface area (TPSA) is 69.9 Å². The van der Waals surface area contributed by atoms with Gasteiger partial charge < -0.3 is 13.4 Å². The predicted molar refractivity (Wildman–Crippen MR) is 230 cm³/mol. The zero-order chi connectivity index (χ0) is 37.5. The molecule has 4 heterocycles. The van der Waals surface area contributed by atoms with Crippen molar-refractivity contribution >= 4 is 65.7 Å². The maximum atomic E-state index is 6.41. The van der Waals surface area contributed by atoms with Gasteiger partial charge in [0, 0.05) is 54.7 Å². The van der Waals surface area contributed by atoms with Crippen molar-refractivity contribution in [2.75, 3.05) is 0 Å². The summed E-state index contributed by atoms with van der Waals surface area (Å²) in [7, 11) is 0. The number of furan rings is 2. The van der Waals surface area contributed by atoms with Crippen LogP contribution in [0.3, 0.4) is 0 Å². The minimum atomic E-state index is 0.584. The lowest BCUT2D eigenvalue weighted by molar-refractivity contribution is 0.668. The second-order valence-electron chi connectivity index (χ2n) is 14.4. The minimum Gasteiger partial charge on any atom is -0.456 e. The summed E-state index contributed by atoms with van der Waals surface area (Å²) in [6.07, 6.45) is 0. The van der Waals surface area contributed by atoms with Crippen LogP contribution in [-0.2, 0) is 0 Å². The van der Waals surface area contributed by atoms with Gasteiger partial charge in [-0.25, -0.2) is 15.0 Å². The lowest BCUT2D eigenvalue weighted by atomic mass is 10.0. The molecule has 0 amide bonds. The standard InChI is InChI=1S/C51H30N4O2/c1-3-11-31(12-4-1)33-19-23-40-42-30-36(22-26-46(42)57-47(40)28-33)55-43-17-9-7-15-37(43)41-27-34(21-25-44(41)55)50-52-49(32-13-5-2-6-14-32)53-51(54-50)35-20-24-39-38-16-8-10-18-45(38)56-48(39)29-35/h1-30H. The minimum absolute atomic E-state index is 0.584. The number of para-hydroxylation sites is 2. The van der Waals surface area contributed by atoms with Crippen LogP contribution in [0.2, 0.25) is 0 Å². The molecule has 4 aromatic heterocycles. The van der Waals surface area contributed by atoms with Gasteiger partial charge in [0.1, 0.15) is 22.3 Å². The number of benzene rings is 8. The molecule has 0 bridgehead atoms. The zero-order valence-electron chi connectivity index (χ0n) is 30.4. The first-order valence-electron chi connectivity index (χ1n) is 19.0. The van der Waals surface area contributed by atoms with Crippen molar-refractivity contribution in [3.05, 3.63) is 182 Å². The molecule has 0 radical (unpaired) electrons. The van der Waals surface area contributed by atoms with Gasteiger partial charge in [-0.15, -0.1) is 0 Å². The second kappa shape index (κ2) is 12.3. The van der Waals surface area contributed by atoms with Crippen LogP contribution in [0.1, 0.15) is 0 Å². The van der Waals surface area contributed by atoms with Crippen LogP contribution in [0.15, 0.2) is 191 Å². The third-order valence-electron chi connectivity index (χ3n) is 11.1. The van der Waals surface area contributed by atoms with E-state index in [1.165, 1.54) is 5.56 Å². The first-order chi connectivity index (χ1) is 28.2. The highest BCUT2D eigenvalue weighted by atomic mass is 16.3. The van der Waals surface area contributed by atoms with Crippen LogP contribution in [0.4, 0.5) is 0 Å². The van der Waals surface area contributed by atoms with Crippen LogP contribution in [0, 0.1) is 0 Å². The summed E-state index contributed by atoms with van der Waals surface area (Å²) in [5.74, 6) is 1.79. The lowest BCUT2D eigenvalue weighted by Gasteiger charge is -2.10. The number of fused-ring (bicyclic) bond motifs is 9. The second-order valence-corrected chi connectivity index (χ2v) is 14.4. The van der Waals surface area contributed by atoms with E-state index in [1.54, 1.807) is 0 Å². The number of rotatable bonds is 5. The van der Waals surface area contributed by atoms with E-state index in [0.29, 0.717) is 17.5 Å². The van der Waals surface area contributed by atoms with Crippen LogP contribution in [0.25, 0.3) is 117 Å². The van der Waals surface area contributed by atoms with E-state index in [0.717, 1.165) is 93.6 Å². The van der Waals surface area contributed by atoms with Crippen LogP contribution >= 0.6 is 0 Å². The normalized spacial score (nSPS) is 11.9. The number of hydrogen-bond acceptors (Lipinski definition) is 5. The fourth-order valence-electron chi connectivity index (χ4n) is 8.32. The van der Waals surface area contributed by atoms with Gasteiger partial charge >= 0.3 is 0 Å². The van der Waals surface area contributed by atoms with Crippen molar-refractivity contribution in [3.63, 3.8) is 0 Å². The van der Waals surface area contributed by atoms with Gasteiger partial charge in [0.15, 0.2) is 17.5 Å². The first-order valence-corrected chi connectivity index (χ1v) is 19.0. The highest BCUT2D eigenvalue weighted by Crippen LogP contribution is 2.39. The van der Waals surface area contributed by atoms with Crippen molar-refractivity contribution < 1.29 is 8.83 Å². The molecule has 6 nitrogen and oxygen atoms in total. The van der Waals surface area contributed by atoms with Gasteiger partial charge in [-0.1, -0.05) is 109 Å². The largest absolute Gasteiger partial charge is 0.456 e. The smallest absolute Gasteiger partial charge is 0.164 e. The van der Waals surface area contributed by atoms with E-state index in [2.05, 4.69) is 126 Å². The van der Waals surface area contributed by atoms with Crippen molar-refractivity contribution in [1.82, 2.24) is 19.5 Å². The van der Waals surface area contributed by atoms with Crippen molar-refractivity contribution in [1.29, 1.82) is 0 Å². The molecule has 0 aliphatic heterocycles. The molecule has 0 N–H and O–H groups in total. The molecule has 0 fully saturated rings. The summed E-state index contributed by atoms with van der Waals surface area (Å²) < 4.78 is 15.0. The van der Waals surface area contributed by atoms with Gasteiger partial charge in [-0.3, -0.25) is 0 Å². The summed E-state index contributed by atoms with van der Waals surface area (Å²) in [5.41, 5.74) is 11.6. The van der Waals surface area contributed by atoms with Gasteiger partial charge in [-0.05, 0) is 83.9 Å². The molecule has 0 spiro atoms. The summed E-state index contributed by atoms with van der Waals surface area (Å²) in [6.45, 7) is 0.